The van der Waals surface area contributed by atoms with Gasteiger partial charge in [0.25, 0.3) is 5.88 Å². The molecule has 16 heteroatoms. The Kier molecular flexibility index (Phi) is 7.15. The number of nitrogens with zero attached hydrogens (tertiary/aromatic N) is 8. The van der Waals surface area contributed by atoms with Gasteiger partial charge in [-0.3, -0.25) is 4.68 Å². The van der Waals surface area contributed by atoms with E-state index in [4.69, 9.17) is 21.1 Å². The van der Waals surface area contributed by atoms with Crippen LogP contribution < -0.4 is 20.1 Å². The smallest absolute Gasteiger partial charge is 0.422 e. The number of hydrogen-bond donors (Lipinski definition) is 2. The van der Waals surface area contributed by atoms with E-state index in [9.17, 15) is 13.2 Å². The Balaban J connectivity index is 1.15. The number of anilines is 2. The van der Waals surface area contributed by atoms with Gasteiger partial charge in [0.05, 0.1) is 23.8 Å². The van der Waals surface area contributed by atoms with Gasteiger partial charge < -0.3 is 20.1 Å². The van der Waals surface area contributed by atoms with E-state index in [2.05, 4.69) is 41.2 Å². The third-order valence-corrected chi connectivity index (χ3v) is 7.42. The molecule has 4 heterocycles. The number of nitrogens with one attached hydrogen (secondary N) is 2. The van der Waals surface area contributed by atoms with Crippen LogP contribution in [0, 0.1) is 5.41 Å². The molecule has 3 aromatic heterocycles. The van der Waals surface area contributed by atoms with Crippen LogP contribution in [0.2, 0.25) is 5.02 Å². The van der Waals surface area contributed by atoms with Gasteiger partial charge in [0.1, 0.15) is 23.9 Å². The molecule has 0 amide bonds. The summed E-state index contributed by atoms with van der Waals surface area (Å²) >= 11 is 6.35. The van der Waals surface area contributed by atoms with E-state index in [1.54, 1.807) is 40.1 Å². The van der Waals surface area contributed by atoms with Crippen molar-refractivity contribution in [1.82, 2.24) is 45.3 Å². The lowest BCUT2D eigenvalue weighted by molar-refractivity contribution is -0.154. The van der Waals surface area contributed by atoms with E-state index in [-0.39, 0.29) is 35.1 Å². The molecule has 1 aromatic carbocycles. The minimum Gasteiger partial charge on any atom is -0.487 e. The molecule has 216 valence electrons. The van der Waals surface area contributed by atoms with Crippen molar-refractivity contribution in [3.8, 4) is 22.8 Å². The van der Waals surface area contributed by atoms with Crippen LogP contribution in [0.4, 0.5) is 24.8 Å². The molecule has 1 spiro atoms. The highest BCUT2D eigenvalue weighted by Crippen LogP contribution is 2.51. The summed E-state index contributed by atoms with van der Waals surface area (Å²) in [5, 5.41) is 22.0. The molecule has 41 heavy (non-hydrogen) atoms. The second kappa shape index (κ2) is 10.8. The van der Waals surface area contributed by atoms with E-state index >= 15 is 0 Å². The van der Waals surface area contributed by atoms with Crippen molar-refractivity contribution in [2.75, 3.05) is 25.0 Å². The molecule has 1 saturated heterocycles. The monoisotopic (exact) mass is 590 g/mol. The molecule has 1 aliphatic heterocycles. The van der Waals surface area contributed by atoms with E-state index in [1.165, 1.54) is 6.33 Å². The molecule has 4 aromatic rings. The quantitative estimate of drug-likeness (QED) is 0.279. The third kappa shape index (κ3) is 6.20. The fourth-order valence-corrected chi connectivity index (χ4v) is 5.18. The Morgan fingerprint density at radius 2 is 1.98 bits per heavy atom. The highest BCUT2D eigenvalue weighted by Gasteiger charge is 2.49. The van der Waals surface area contributed by atoms with Gasteiger partial charge >= 0.3 is 6.18 Å². The molecule has 1 saturated carbocycles. The van der Waals surface area contributed by atoms with Gasteiger partial charge in [-0.1, -0.05) is 17.7 Å². The molecule has 12 nitrogen and oxygen atoms in total. The number of alkyl halides is 3. The van der Waals surface area contributed by atoms with Crippen LogP contribution in [0.15, 0.2) is 43.1 Å². The lowest BCUT2D eigenvalue weighted by Gasteiger charge is -2.54. The zero-order valence-corrected chi connectivity index (χ0v) is 22.6. The number of rotatable bonds is 10. The number of ether oxygens (including phenoxy) is 2. The summed E-state index contributed by atoms with van der Waals surface area (Å²) in [5.74, 6) is 0.498. The van der Waals surface area contributed by atoms with Crippen molar-refractivity contribution in [3.63, 3.8) is 0 Å². The standard InChI is InChI=1S/C25H26ClF3N10O2/c1-15(9-38-14-33-36-37-38)41-21-4-16(2-3-19(21)26)17-7-31-23(32-8-17)34-20-10-39(18-5-24(6-18)11-30-12-24)35-22(20)40-13-25(27,28)29/h2-4,7-8,10,14-15,18,30H,5-6,9,11-13H2,1H3,(H,31,32,34). The van der Waals surface area contributed by atoms with Gasteiger partial charge in [0, 0.05) is 31.0 Å². The molecule has 2 fully saturated rings. The fourth-order valence-electron chi connectivity index (χ4n) is 5.02. The normalized spacial score (nSPS) is 17.1. The molecule has 0 radical (unpaired) electrons. The maximum absolute atomic E-state index is 12.9. The van der Waals surface area contributed by atoms with Crippen LogP contribution in [-0.2, 0) is 6.54 Å². The average molecular weight is 591 g/mol. The van der Waals surface area contributed by atoms with Crippen LogP contribution in [0.3, 0.4) is 0 Å². The largest absolute Gasteiger partial charge is 0.487 e. The molecular weight excluding hydrogens is 565 g/mol. The van der Waals surface area contributed by atoms with Crippen LogP contribution in [0.25, 0.3) is 11.1 Å². The predicted octanol–water partition coefficient (Wildman–Crippen LogP) is 4.06. The Morgan fingerprint density at radius 1 is 1.20 bits per heavy atom. The van der Waals surface area contributed by atoms with Crippen LogP contribution >= 0.6 is 11.6 Å². The van der Waals surface area contributed by atoms with Crippen molar-refractivity contribution >= 4 is 23.2 Å². The van der Waals surface area contributed by atoms with Gasteiger partial charge in [0.15, 0.2) is 6.61 Å². The van der Waals surface area contributed by atoms with E-state index in [1.807, 2.05) is 13.0 Å². The second-order valence-electron chi connectivity index (χ2n) is 10.4. The predicted molar refractivity (Wildman–Crippen MR) is 141 cm³/mol. The van der Waals surface area contributed by atoms with Crippen molar-refractivity contribution in [3.05, 3.63) is 48.1 Å². The number of hydrogen-bond acceptors (Lipinski definition) is 10. The number of aromatic nitrogens is 8. The van der Waals surface area contributed by atoms with Gasteiger partial charge in [-0.25, -0.2) is 14.6 Å². The van der Waals surface area contributed by atoms with Crippen LogP contribution in [-0.4, -0.2) is 71.9 Å². The zero-order chi connectivity index (χ0) is 28.6. The first-order valence-electron chi connectivity index (χ1n) is 12.9. The van der Waals surface area contributed by atoms with Crippen molar-refractivity contribution in [2.45, 2.75) is 44.6 Å². The van der Waals surface area contributed by atoms with E-state index < -0.39 is 12.8 Å². The summed E-state index contributed by atoms with van der Waals surface area (Å²) in [6.45, 7) is 2.76. The Labute approximate surface area is 237 Å². The SMILES string of the molecule is CC(Cn1cnnn1)Oc1cc(-c2cnc(Nc3cn(C4CC5(CNC5)C4)nc3OCC(F)(F)F)nc2)ccc1Cl. The first-order chi connectivity index (χ1) is 19.6. The highest BCUT2D eigenvalue weighted by molar-refractivity contribution is 6.32. The van der Waals surface area contributed by atoms with Gasteiger partial charge in [-0.05, 0) is 53.3 Å². The van der Waals surface area contributed by atoms with Gasteiger partial charge in [-0.2, -0.15) is 13.2 Å². The first kappa shape index (κ1) is 27.2. The third-order valence-electron chi connectivity index (χ3n) is 7.11. The van der Waals surface area contributed by atoms with E-state index in [0.29, 0.717) is 22.9 Å². The topological polar surface area (TPSA) is 130 Å². The molecule has 2 aliphatic rings. The average Bonchev–Trinajstić information content (AvgIpc) is 3.52. The van der Waals surface area contributed by atoms with Gasteiger partial charge in [0.2, 0.25) is 5.95 Å². The molecule has 1 aliphatic carbocycles. The summed E-state index contributed by atoms with van der Waals surface area (Å²) in [4.78, 5) is 8.70. The second-order valence-corrected chi connectivity index (χ2v) is 10.8. The van der Waals surface area contributed by atoms with Crippen molar-refractivity contribution in [2.24, 2.45) is 5.41 Å². The minimum atomic E-state index is -4.50. The number of tetrazole rings is 1. The number of halogens is 4. The molecule has 6 rings (SSSR count). The molecule has 1 unspecified atom stereocenters. The minimum absolute atomic E-state index is 0.0982. The maximum atomic E-state index is 12.9. The van der Waals surface area contributed by atoms with Crippen molar-refractivity contribution in [1.29, 1.82) is 0 Å². The van der Waals surface area contributed by atoms with Crippen LogP contribution in [0.1, 0.15) is 25.8 Å². The van der Waals surface area contributed by atoms with E-state index in [0.717, 1.165) is 31.5 Å². The molecule has 0 bridgehead atoms. The Morgan fingerprint density at radius 3 is 2.63 bits per heavy atom. The van der Waals surface area contributed by atoms with Crippen molar-refractivity contribution < 1.29 is 22.6 Å². The fraction of sp³-hybridized carbons (Fsp3) is 0.440. The first-order valence-corrected chi connectivity index (χ1v) is 13.3. The maximum Gasteiger partial charge on any atom is 0.422 e. The summed E-state index contributed by atoms with van der Waals surface area (Å²) in [6, 6.07) is 5.40. The molecule has 1 atom stereocenters. The lowest BCUT2D eigenvalue weighted by Crippen LogP contribution is -2.60. The zero-order valence-electron chi connectivity index (χ0n) is 21.8. The molecular formula is C25H26ClF3N10O2. The number of benzene rings is 1. The summed E-state index contributed by atoms with van der Waals surface area (Å²) < 4.78 is 52.9. The summed E-state index contributed by atoms with van der Waals surface area (Å²) in [7, 11) is 0. The molecule has 2 N–H and O–H groups in total. The highest BCUT2D eigenvalue weighted by atomic mass is 35.5. The Hall–Kier alpha value is -3.98. The van der Waals surface area contributed by atoms with Crippen LogP contribution in [0.5, 0.6) is 11.6 Å². The lowest BCUT2D eigenvalue weighted by atomic mass is 9.62. The Bertz CT molecular complexity index is 1480. The van der Waals surface area contributed by atoms with Gasteiger partial charge in [-0.15, -0.1) is 10.2 Å². The summed E-state index contributed by atoms with van der Waals surface area (Å²) in [5.41, 5.74) is 1.98. The summed E-state index contributed by atoms with van der Waals surface area (Å²) in [6.07, 6.45) is 3.38.